The molecular formula is C20H20N2O3S. The normalized spacial score (nSPS) is 11.2. The maximum Gasteiger partial charge on any atom is 0.240 e. The van der Waals surface area contributed by atoms with Crippen LogP contribution in [0, 0.1) is 0 Å². The Morgan fingerprint density at radius 3 is 2.12 bits per heavy atom. The molecule has 26 heavy (non-hydrogen) atoms. The van der Waals surface area contributed by atoms with Gasteiger partial charge in [0.05, 0.1) is 4.90 Å². The number of sulfonamides is 1. The van der Waals surface area contributed by atoms with Gasteiger partial charge in [-0.3, -0.25) is 0 Å². The van der Waals surface area contributed by atoms with Crippen LogP contribution < -0.4 is 15.2 Å². The summed E-state index contributed by atoms with van der Waals surface area (Å²) in [5, 5.41) is 0. The van der Waals surface area contributed by atoms with Crippen molar-refractivity contribution in [2.24, 2.45) is 0 Å². The molecule has 0 aliphatic carbocycles. The third kappa shape index (κ3) is 4.84. The molecule has 0 aromatic heterocycles. The summed E-state index contributed by atoms with van der Waals surface area (Å²) in [4.78, 5) is 0.189. The van der Waals surface area contributed by atoms with E-state index < -0.39 is 10.0 Å². The van der Waals surface area contributed by atoms with Crippen molar-refractivity contribution < 1.29 is 13.2 Å². The molecule has 6 heteroatoms. The van der Waals surface area contributed by atoms with Gasteiger partial charge in [-0.25, -0.2) is 13.1 Å². The van der Waals surface area contributed by atoms with Gasteiger partial charge in [0.15, 0.2) is 0 Å². The van der Waals surface area contributed by atoms with Gasteiger partial charge < -0.3 is 10.5 Å². The Labute approximate surface area is 153 Å². The van der Waals surface area contributed by atoms with E-state index in [2.05, 4.69) is 4.72 Å². The van der Waals surface area contributed by atoms with Crippen LogP contribution in [0.1, 0.15) is 11.1 Å². The van der Waals surface area contributed by atoms with Crippen LogP contribution in [0.25, 0.3) is 0 Å². The molecule has 0 unspecified atom stereocenters. The summed E-state index contributed by atoms with van der Waals surface area (Å²) < 4.78 is 32.8. The number of nitrogen functional groups attached to an aromatic ring is 1. The van der Waals surface area contributed by atoms with Crippen molar-refractivity contribution in [3.05, 3.63) is 90.0 Å². The molecule has 0 heterocycles. The highest BCUT2D eigenvalue weighted by Crippen LogP contribution is 2.16. The number of benzene rings is 3. The number of rotatable bonds is 7. The van der Waals surface area contributed by atoms with Gasteiger partial charge in [-0.05, 0) is 47.5 Å². The fourth-order valence-corrected chi connectivity index (χ4v) is 3.37. The van der Waals surface area contributed by atoms with E-state index in [0.29, 0.717) is 12.3 Å². The Morgan fingerprint density at radius 1 is 0.808 bits per heavy atom. The van der Waals surface area contributed by atoms with Gasteiger partial charge >= 0.3 is 0 Å². The van der Waals surface area contributed by atoms with Crippen LogP contribution >= 0.6 is 0 Å². The Morgan fingerprint density at radius 2 is 1.46 bits per heavy atom. The highest BCUT2D eigenvalue weighted by Gasteiger charge is 2.13. The molecule has 3 aromatic carbocycles. The van der Waals surface area contributed by atoms with E-state index in [0.717, 1.165) is 16.9 Å². The standard InChI is InChI=1S/C20H20N2O3S/c21-18-8-12-20(13-9-18)26(23,24)22-14-16-6-10-19(11-7-16)25-15-17-4-2-1-3-5-17/h1-13,22H,14-15,21H2. The number of anilines is 1. The summed E-state index contributed by atoms with van der Waals surface area (Å²) in [6.07, 6.45) is 0. The van der Waals surface area contributed by atoms with Crippen molar-refractivity contribution >= 4 is 15.7 Å². The van der Waals surface area contributed by atoms with Crippen LogP contribution in [-0.4, -0.2) is 8.42 Å². The summed E-state index contributed by atoms with van der Waals surface area (Å²) in [5.41, 5.74) is 8.04. The molecule has 5 nitrogen and oxygen atoms in total. The van der Waals surface area contributed by atoms with Gasteiger partial charge in [-0.2, -0.15) is 0 Å². The van der Waals surface area contributed by atoms with Crippen molar-refractivity contribution in [1.82, 2.24) is 4.72 Å². The summed E-state index contributed by atoms with van der Waals surface area (Å²) >= 11 is 0. The summed E-state index contributed by atoms with van der Waals surface area (Å²) in [6.45, 7) is 0.690. The average Bonchev–Trinajstić information content (AvgIpc) is 2.67. The van der Waals surface area contributed by atoms with Crippen molar-refractivity contribution in [3.63, 3.8) is 0 Å². The first-order chi connectivity index (χ1) is 12.5. The molecule has 0 saturated heterocycles. The van der Waals surface area contributed by atoms with Crippen LogP contribution in [0.5, 0.6) is 5.75 Å². The largest absolute Gasteiger partial charge is 0.489 e. The highest BCUT2D eigenvalue weighted by atomic mass is 32.2. The number of hydrogen-bond donors (Lipinski definition) is 2. The number of hydrogen-bond acceptors (Lipinski definition) is 4. The van der Waals surface area contributed by atoms with E-state index in [1.807, 2.05) is 54.6 Å². The zero-order valence-corrected chi connectivity index (χ0v) is 14.9. The lowest BCUT2D eigenvalue weighted by atomic mass is 10.2. The molecule has 3 rings (SSSR count). The quantitative estimate of drug-likeness (QED) is 0.627. The zero-order valence-electron chi connectivity index (χ0n) is 14.1. The molecule has 0 aliphatic heterocycles. The van der Waals surface area contributed by atoms with Gasteiger partial charge in [-0.1, -0.05) is 42.5 Å². The molecule has 0 spiro atoms. The van der Waals surface area contributed by atoms with Crippen molar-refractivity contribution in [2.75, 3.05) is 5.73 Å². The summed E-state index contributed by atoms with van der Waals surface area (Å²) in [5.74, 6) is 0.735. The Balaban J connectivity index is 1.56. The molecule has 0 atom stereocenters. The van der Waals surface area contributed by atoms with Gasteiger partial charge in [0.2, 0.25) is 10.0 Å². The second kappa shape index (κ2) is 8.03. The number of nitrogens with two attached hydrogens (primary N) is 1. The molecule has 3 aromatic rings. The van der Waals surface area contributed by atoms with Crippen molar-refractivity contribution in [2.45, 2.75) is 18.0 Å². The predicted molar refractivity (Wildman–Crippen MR) is 102 cm³/mol. The zero-order chi connectivity index (χ0) is 18.4. The smallest absolute Gasteiger partial charge is 0.240 e. The first-order valence-electron chi connectivity index (χ1n) is 8.14. The average molecular weight is 368 g/mol. The van der Waals surface area contributed by atoms with Crippen LogP contribution in [0.2, 0.25) is 0 Å². The molecule has 134 valence electrons. The van der Waals surface area contributed by atoms with Gasteiger partial charge in [-0.15, -0.1) is 0 Å². The third-order valence-corrected chi connectivity index (χ3v) is 5.25. The van der Waals surface area contributed by atoms with Gasteiger partial charge in [0.25, 0.3) is 0 Å². The Hall–Kier alpha value is -2.83. The van der Waals surface area contributed by atoms with E-state index in [4.69, 9.17) is 10.5 Å². The number of ether oxygens (including phenoxy) is 1. The second-order valence-electron chi connectivity index (χ2n) is 5.81. The first kappa shape index (κ1) is 18.0. The van der Waals surface area contributed by atoms with Crippen LogP contribution in [0.15, 0.2) is 83.8 Å². The van der Waals surface area contributed by atoms with Crippen molar-refractivity contribution in [1.29, 1.82) is 0 Å². The maximum atomic E-state index is 12.3. The number of nitrogens with one attached hydrogen (secondary N) is 1. The van der Waals surface area contributed by atoms with E-state index >= 15 is 0 Å². The van der Waals surface area contributed by atoms with Crippen LogP contribution in [0.3, 0.4) is 0 Å². The van der Waals surface area contributed by atoms with E-state index in [9.17, 15) is 8.42 Å². The van der Waals surface area contributed by atoms with E-state index in [1.54, 1.807) is 12.1 Å². The molecule has 0 radical (unpaired) electrons. The third-order valence-electron chi connectivity index (χ3n) is 3.83. The maximum absolute atomic E-state index is 12.3. The minimum Gasteiger partial charge on any atom is -0.489 e. The highest BCUT2D eigenvalue weighted by molar-refractivity contribution is 7.89. The van der Waals surface area contributed by atoms with Gasteiger partial charge in [0.1, 0.15) is 12.4 Å². The summed E-state index contributed by atoms with van der Waals surface area (Å²) in [7, 11) is -3.57. The minimum atomic E-state index is -3.57. The molecule has 3 N–H and O–H groups in total. The van der Waals surface area contributed by atoms with Crippen molar-refractivity contribution in [3.8, 4) is 5.75 Å². The van der Waals surface area contributed by atoms with E-state index in [-0.39, 0.29) is 11.4 Å². The molecule has 0 saturated carbocycles. The Bertz CT molecular complexity index is 939. The van der Waals surface area contributed by atoms with Gasteiger partial charge in [0, 0.05) is 12.2 Å². The molecule has 0 bridgehead atoms. The fourth-order valence-electron chi connectivity index (χ4n) is 2.35. The van der Waals surface area contributed by atoms with E-state index in [1.165, 1.54) is 12.1 Å². The van der Waals surface area contributed by atoms with Crippen LogP contribution in [-0.2, 0) is 23.2 Å². The summed E-state index contributed by atoms with van der Waals surface area (Å²) in [6, 6.07) is 23.3. The fraction of sp³-hybridized carbons (Fsp3) is 0.100. The lowest BCUT2D eigenvalue weighted by Crippen LogP contribution is -2.23. The first-order valence-corrected chi connectivity index (χ1v) is 9.62. The lowest BCUT2D eigenvalue weighted by molar-refractivity contribution is 0.306. The molecular weight excluding hydrogens is 348 g/mol. The SMILES string of the molecule is Nc1ccc(S(=O)(=O)NCc2ccc(OCc3ccccc3)cc2)cc1. The minimum absolute atomic E-state index is 0.189. The molecule has 0 fully saturated rings. The molecule has 0 aliphatic rings. The lowest BCUT2D eigenvalue weighted by Gasteiger charge is -2.09. The predicted octanol–water partition coefficient (Wildman–Crippen LogP) is 3.33. The van der Waals surface area contributed by atoms with Crippen LogP contribution in [0.4, 0.5) is 5.69 Å². The second-order valence-corrected chi connectivity index (χ2v) is 7.58. The topological polar surface area (TPSA) is 81.4 Å². The molecule has 0 amide bonds. The monoisotopic (exact) mass is 368 g/mol. The Kier molecular flexibility index (Phi) is 5.55.